The molecule has 0 bridgehead atoms. The Labute approximate surface area is 257 Å². The average molecular weight is 629 g/mol. The maximum atomic E-state index is 11.5. The maximum Gasteiger partial charge on any atom is 0.308 e. The third-order valence-electron chi connectivity index (χ3n) is 4.75. The standard InChI is InChI=1S/C29H56O14/c1-27(30)42-26-25-41-24-23-40-22-21-39-20-19-38-18-17-37-16-15-36-14-13-35-12-11-34-10-9-33-8-7-32-6-5-28(31)43-29(2,3)4/h5-26H2,1-4H3. The van der Waals surface area contributed by atoms with Gasteiger partial charge in [0.05, 0.1) is 139 Å². The molecule has 0 unspecified atom stereocenters. The normalized spacial score (nSPS) is 11.6. The Balaban J connectivity index is 3.10. The lowest BCUT2D eigenvalue weighted by Gasteiger charge is -2.19. The first kappa shape index (κ1) is 41.5. The number of hydrogen-bond donors (Lipinski definition) is 0. The van der Waals surface area contributed by atoms with Crippen molar-refractivity contribution >= 4 is 11.9 Å². The van der Waals surface area contributed by atoms with E-state index in [0.29, 0.717) is 132 Å². The SMILES string of the molecule is CC(=O)OCCOCCOCCOCCOCCOCCOCCOCCOCCOCCOCCC(=O)OC(C)(C)C. The van der Waals surface area contributed by atoms with Gasteiger partial charge in [-0.3, -0.25) is 9.59 Å². The van der Waals surface area contributed by atoms with E-state index < -0.39 is 5.60 Å². The summed E-state index contributed by atoms with van der Waals surface area (Å²) >= 11 is 0. The Morgan fingerprint density at radius 1 is 0.395 bits per heavy atom. The smallest absolute Gasteiger partial charge is 0.308 e. The molecule has 0 saturated heterocycles. The van der Waals surface area contributed by atoms with Crippen molar-refractivity contribution in [2.24, 2.45) is 0 Å². The summed E-state index contributed by atoms with van der Waals surface area (Å²) in [6, 6.07) is 0. The molecule has 0 saturated carbocycles. The summed E-state index contributed by atoms with van der Waals surface area (Å²) in [7, 11) is 0. The van der Waals surface area contributed by atoms with Crippen LogP contribution in [0.25, 0.3) is 0 Å². The van der Waals surface area contributed by atoms with Gasteiger partial charge in [-0.1, -0.05) is 0 Å². The van der Waals surface area contributed by atoms with E-state index in [1.165, 1.54) is 6.92 Å². The second-order valence-corrected chi connectivity index (χ2v) is 9.80. The fourth-order valence-corrected chi connectivity index (χ4v) is 2.87. The van der Waals surface area contributed by atoms with Gasteiger partial charge < -0.3 is 56.8 Å². The topological polar surface area (TPSA) is 145 Å². The van der Waals surface area contributed by atoms with Crippen LogP contribution in [0.15, 0.2) is 0 Å². The molecule has 0 aromatic carbocycles. The molecule has 0 aliphatic carbocycles. The Hall–Kier alpha value is -1.46. The van der Waals surface area contributed by atoms with Crippen molar-refractivity contribution < 1.29 is 66.4 Å². The number of hydrogen-bond acceptors (Lipinski definition) is 14. The highest BCUT2D eigenvalue weighted by molar-refractivity contribution is 5.69. The van der Waals surface area contributed by atoms with E-state index in [0.717, 1.165) is 0 Å². The highest BCUT2D eigenvalue weighted by Gasteiger charge is 2.15. The summed E-state index contributed by atoms with van der Waals surface area (Å²) in [5.41, 5.74) is -0.475. The second-order valence-electron chi connectivity index (χ2n) is 9.80. The van der Waals surface area contributed by atoms with E-state index in [1.54, 1.807) is 0 Å². The second kappa shape index (κ2) is 31.9. The highest BCUT2D eigenvalue weighted by atomic mass is 16.6. The van der Waals surface area contributed by atoms with Crippen molar-refractivity contribution in [2.75, 3.05) is 139 Å². The Kier molecular flexibility index (Phi) is 30.9. The average Bonchev–Trinajstić information content (AvgIpc) is 2.94. The third-order valence-corrected chi connectivity index (χ3v) is 4.75. The molecular weight excluding hydrogens is 572 g/mol. The fraction of sp³-hybridized carbons (Fsp3) is 0.931. The van der Waals surface area contributed by atoms with Crippen molar-refractivity contribution in [1.82, 2.24) is 0 Å². The zero-order valence-electron chi connectivity index (χ0n) is 26.8. The number of rotatable bonds is 33. The molecule has 0 atom stereocenters. The van der Waals surface area contributed by atoms with E-state index in [1.807, 2.05) is 20.8 Å². The molecule has 14 heteroatoms. The minimum absolute atomic E-state index is 0.229. The Bertz CT molecular complexity index is 614. The molecule has 0 fully saturated rings. The predicted molar refractivity (Wildman–Crippen MR) is 155 cm³/mol. The minimum Gasteiger partial charge on any atom is -0.463 e. The predicted octanol–water partition coefficient (Wildman–Crippen LogP) is 1.45. The molecule has 0 radical (unpaired) electrons. The summed E-state index contributed by atoms with van der Waals surface area (Å²) in [4.78, 5) is 22.1. The van der Waals surface area contributed by atoms with E-state index in [4.69, 9.17) is 56.8 Å². The highest BCUT2D eigenvalue weighted by Crippen LogP contribution is 2.08. The lowest BCUT2D eigenvalue weighted by molar-refractivity contribution is -0.156. The molecule has 0 aromatic rings. The van der Waals surface area contributed by atoms with E-state index in [-0.39, 0.29) is 25.0 Å². The van der Waals surface area contributed by atoms with Crippen LogP contribution >= 0.6 is 0 Å². The van der Waals surface area contributed by atoms with Crippen LogP contribution in [0.3, 0.4) is 0 Å². The van der Waals surface area contributed by atoms with Gasteiger partial charge in [0.1, 0.15) is 12.2 Å². The van der Waals surface area contributed by atoms with Gasteiger partial charge in [-0.25, -0.2) is 0 Å². The molecule has 0 aromatic heterocycles. The molecule has 0 rings (SSSR count). The van der Waals surface area contributed by atoms with Crippen LogP contribution in [0, 0.1) is 0 Å². The van der Waals surface area contributed by atoms with Gasteiger partial charge in [0.15, 0.2) is 0 Å². The van der Waals surface area contributed by atoms with Gasteiger partial charge in [-0.15, -0.1) is 0 Å². The summed E-state index contributed by atoms with van der Waals surface area (Å²) in [5.74, 6) is -0.582. The van der Waals surface area contributed by atoms with E-state index in [9.17, 15) is 9.59 Å². The van der Waals surface area contributed by atoms with Crippen LogP contribution in [0.1, 0.15) is 34.1 Å². The molecule has 0 amide bonds. The lowest BCUT2D eigenvalue weighted by atomic mass is 10.2. The van der Waals surface area contributed by atoms with Crippen LogP contribution in [0.4, 0.5) is 0 Å². The zero-order chi connectivity index (χ0) is 31.7. The number of carbonyl (C=O) groups excluding carboxylic acids is 2. The van der Waals surface area contributed by atoms with Crippen molar-refractivity contribution in [1.29, 1.82) is 0 Å². The number of esters is 2. The molecule has 0 spiro atoms. The van der Waals surface area contributed by atoms with Crippen molar-refractivity contribution in [3.05, 3.63) is 0 Å². The first-order chi connectivity index (χ1) is 20.8. The summed E-state index contributed by atoms with van der Waals surface area (Å²) in [5, 5.41) is 0. The monoisotopic (exact) mass is 628 g/mol. The van der Waals surface area contributed by atoms with Crippen LogP contribution in [-0.4, -0.2) is 156 Å². The maximum absolute atomic E-state index is 11.5. The van der Waals surface area contributed by atoms with Crippen LogP contribution in [0.5, 0.6) is 0 Å². The Morgan fingerprint density at radius 2 is 0.628 bits per heavy atom. The largest absolute Gasteiger partial charge is 0.463 e. The van der Waals surface area contributed by atoms with Crippen LogP contribution < -0.4 is 0 Å². The molecular formula is C29H56O14. The zero-order valence-corrected chi connectivity index (χ0v) is 26.8. The van der Waals surface area contributed by atoms with Crippen LogP contribution in [0.2, 0.25) is 0 Å². The molecule has 0 heterocycles. The van der Waals surface area contributed by atoms with Gasteiger partial charge in [0.25, 0.3) is 0 Å². The van der Waals surface area contributed by atoms with Crippen molar-refractivity contribution in [3.63, 3.8) is 0 Å². The van der Waals surface area contributed by atoms with Gasteiger partial charge in [0.2, 0.25) is 0 Å². The van der Waals surface area contributed by atoms with Gasteiger partial charge in [-0.05, 0) is 20.8 Å². The number of carbonyl (C=O) groups is 2. The lowest BCUT2D eigenvalue weighted by Crippen LogP contribution is -2.24. The molecule has 256 valence electrons. The van der Waals surface area contributed by atoms with Crippen molar-refractivity contribution in [3.8, 4) is 0 Å². The van der Waals surface area contributed by atoms with Gasteiger partial charge in [0, 0.05) is 6.92 Å². The molecule has 0 aliphatic heterocycles. The fourth-order valence-electron chi connectivity index (χ4n) is 2.87. The van der Waals surface area contributed by atoms with E-state index >= 15 is 0 Å². The first-order valence-electron chi connectivity index (χ1n) is 14.9. The quantitative estimate of drug-likeness (QED) is 0.0763. The molecule has 0 N–H and O–H groups in total. The Morgan fingerprint density at radius 3 is 0.860 bits per heavy atom. The minimum atomic E-state index is -0.475. The number of ether oxygens (including phenoxy) is 12. The van der Waals surface area contributed by atoms with E-state index in [2.05, 4.69) is 0 Å². The van der Waals surface area contributed by atoms with Crippen molar-refractivity contribution in [2.45, 2.75) is 39.7 Å². The molecule has 43 heavy (non-hydrogen) atoms. The molecule has 0 aliphatic rings. The van der Waals surface area contributed by atoms with Gasteiger partial charge >= 0.3 is 11.9 Å². The summed E-state index contributed by atoms with van der Waals surface area (Å²) in [6.07, 6.45) is 0.229. The van der Waals surface area contributed by atoms with Gasteiger partial charge in [-0.2, -0.15) is 0 Å². The third kappa shape index (κ3) is 38.5. The summed E-state index contributed by atoms with van der Waals surface area (Å²) < 4.78 is 64.0. The first-order valence-corrected chi connectivity index (χ1v) is 14.9. The van der Waals surface area contributed by atoms with Crippen LogP contribution in [-0.2, 0) is 66.4 Å². The molecule has 14 nitrogen and oxygen atoms in total. The summed E-state index contributed by atoms with van der Waals surface area (Å²) in [6.45, 7) is 16.3.